The molecule has 0 saturated heterocycles. The number of nitrogen functional groups attached to an aromatic ring is 1. The van der Waals surface area contributed by atoms with Crippen LogP contribution in [0.4, 0.5) is 20.2 Å². The van der Waals surface area contributed by atoms with Crippen LogP contribution in [-0.4, -0.2) is 5.91 Å². The van der Waals surface area contributed by atoms with E-state index < -0.39 is 17.5 Å². The first-order valence-electron chi connectivity index (χ1n) is 5.54. The van der Waals surface area contributed by atoms with E-state index >= 15 is 0 Å². The highest BCUT2D eigenvalue weighted by atomic mass is 127. The largest absolute Gasteiger partial charge is 0.321 e. The van der Waals surface area contributed by atoms with Crippen LogP contribution in [0.15, 0.2) is 36.4 Å². The Balaban J connectivity index is 2.31. The van der Waals surface area contributed by atoms with Gasteiger partial charge < -0.3 is 10.7 Å². The van der Waals surface area contributed by atoms with E-state index in [-0.39, 0.29) is 11.3 Å². The molecule has 0 saturated carbocycles. The molecule has 2 rings (SSSR count). The highest BCUT2D eigenvalue weighted by Gasteiger charge is 2.15. The minimum Gasteiger partial charge on any atom is -0.321 e. The van der Waals surface area contributed by atoms with Crippen molar-refractivity contribution in [1.29, 1.82) is 0 Å². The van der Waals surface area contributed by atoms with E-state index in [1.807, 2.05) is 22.6 Å². The van der Waals surface area contributed by atoms with Gasteiger partial charge in [0, 0.05) is 3.57 Å². The number of rotatable bonds is 3. The van der Waals surface area contributed by atoms with Crippen LogP contribution in [0, 0.1) is 15.2 Å². The smallest absolute Gasteiger partial charge is 0.257 e. The molecule has 7 heteroatoms. The summed E-state index contributed by atoms with van der Waals surface area (Å²) in [5.41, 5.74) is 2.56. The van der Waals surface area contributed by atoms with Gasteiger partial charge in [-0.2, -0.15) is 0 Å². The van der Waals surface area contributed by atoms with Gasteiger partial charge in [0.2, 0.25) is 0 Å². The summed E-state index contributed by atoms with van der Waals surface area (Å²) in [6.45, 7) is 0. The van der Waals surface area contributed by atoms with Gasteiger partial charge in [-0.15, -0.1) is 0 Å². The molecule has 0 heterocycles. The van der Waals surface area contributed by atoms with E-state index in [0.29, 0.717) is 9.26 Å². The van der Waals surface area contributed by atoms with Crippen molar-refractivity contribution < 1.29 is 13.6 Å². The van der Waals surface area contributed by atoms with E-state index in [1.54, 1.807) is 0 Å². The second-order valence-corrected chi connectivity index (χ2v) is 5.05. The maximum absolute atomic E-state index is 13.5. The summed E-state index contributed by atoms with van der Waals surface area (Å²) < 4.78 is 27.0. The molecule has 4 N–H and O–H groups in total. The van der Waals surface area contributed by atoms with Crippen LogP contribution in [0.5, 0.6) is 0 Å². The molecule has 2 aromatic rings. The summed E-state index contributed by atoms with van der Waals surface area (Å²) in [5, 5.41) is 2.58. The number of hydrazine groups is 1. The fourth-order valence-electron chi connectivity index (χ4n) is 1.64. The molecule has 0 bridgehead atoms. The Morgan fingerprint density at radius 3 is 2.60 bits per heavy atom. The molecule has 4 nitrogen and oxygen atoms in total. The molecule has 1 amide bonds. The number of carbonyl (C=O) groups excluding carboxylic acids is 1. The first kappa shape index (κ1) is 14.7. The Kier molecular flexibility index (Phi) is 4.50. The standard InChI is InChI=1S/C13H10F2IN3O/c14-7-4-5-11(10(16)6-7)18-13(20)8-2-1-3-9(15)12(8)19-17/h1-6,19H,17H2,(H,18,20). The van der Waals surface area contributed by atoms with Crippen LogP contribution >= 0.6 is 22.6 Å². The topological polar surface area (TPSA) is 67.1 Å². The normalized spacial score (nSPS) is 10.2. The number of halogens is 3. The summed E-state index contributed by atoms with van der Waals surface area (Å²) in [7, 11) is 0. The molecule has 0 aliphatic carbocycles. The number of nitrogens with two attached hydrogens (primary N) is 1. The van der Waals surface area contributed by atoms with Gasteiger partial charge in [-0.3, -0.25) is 10.6 Å². The second-order valence-electron chi connectivity index (χ2n) is 3.89. The zero-order valence-corrected chi connectivity index (χ0v) is 12.2. The lowest BCUT2D eigenvalue weighted by atomic mass is 10.1. The van der Waals surface area contributed by atoms with Crippen molar-refractivity contribution in [2.24, 2.45) is 5.84 Å². The quantitative estimate of drug-likeness (QED) is 0.430. The van der Waals surface area contributed by atoms with Gasteiger partial charge in [-0.25, -0.2) is 8.78 Å². The molecular formula is C13H10F2IN3O. The average molecular weight is 389 g/mol. The third kappa shape index (κ3) is 3.05. The Bertz CT molecular complexity index is 664. The number of nitrogens with one attached hydrogen (secondary N) is 2. The molecule has 0 unspecified atom stereocenters. The van der Waals surface area contributed by atoms with Crippen LogP contribution in [0.25, 0.3) is 0 Å². The number of anilines is 2. The number of amides is 1. The van der Waals surface area contributed by atoms with Crippen molar-refractivity contribution in [3.8, 4) is 0 Å². The number of hydrogen-bond donors (Lipinski definition) is 3. The molecule has 0 aliphatic heterocycles. The lowest BCUT2D eigenvalue weighted by Crippen LogP contribution is -2.18. The van der Waals surface area contributed by atoms with Crippen LogP contribution in [0.3, 0.4) is 0 Å². The molecule has 0 spiro atoms. The van der Waals surface area contributed by atoms with Gasteiger partial charge in [-0.1, -0.05) is 6.07 Å². The van der Waals surface area contributed by atoms with Crippen molar-refractivity contribution in [2.45, 2.75) is 0 Å². The van der Waals surface area contributed by atoms with Crippen LogP contribution < -0.4 is 16.6 Å². The molecule has 20 heavy (non-hydrogen) atoms. The van der Waals surface area contributed by atoms with Gasteiger partial charge in [0.25, 0.3) is 5.91 Å². The SMILES string of the molecule is NNc1c(F)cccc1C(=O)Nc1ccc(F)cc1I. The van der Waals surface area contributed by atoms with Gasteiger partial charge in [-0.05, 0) is 52.9 Å². The molecule has 0 fully saturated rings. The molecule has 0 atom stereocenters. The minimum absolute atomic E-state index is 0.0626. The van der Waals surface area contributed by atoms with Crippen LogP contribution in [-0.2, 0) is 0 Å². The predicted octanol–water partition coefficient (Wildman–Crippen LogP) is 3.11. The fraction of sp³-hybridized carbons (Fsp3) is 0. The van der Waals surface area contributed by atoms with Crippen molar-refractivity contribution in [3.05, 3.63) is 57.2 Å². The number of carbonyl (C=O) groups is 1. The monoisotopic (exact) mass is 389 g/mol. The third-order valence-corrected chi connectivity index (χ3v) is 3.47. The molecule has 0 aromatic heterocycles. The predicted molar refractivity (Wildman–Crippen MR) is 81.3 cm³/mol. The van der Waals surface area contributed by atoms with Crippen LogP contribution in [0.2, 0.25) is 0 Å². The zero-order chi connectivity index (χ0) is 14.7. The number of benzene rings is 2. The molecular weight excluding hydrogens is 379 g/mol. The molecule has 0 radical (unpaired) electrons. The van der Waals surface area contributed by atoms with Crippen molar-refractivity contribution in [3.63, 3.8) is 0 Å². The van der Waals surface area contributed by atoms with Gasteiger partial charge >= 0.3 is 0 Å². The maximum Gasteiger partial charge on any atom is 0.257 e. The Labute approximate surface area is 127 Å². The van der Waals surface area contributed by atoms with Gasteiger partial charge in [0.05, 0.1) is 16.9 Å². The van der Waals surface area contributed by atoms with E-state index in [1.165, 1.54) is 36.4 Å². The Morgan fingerprint density at radius 2 is 1.95 bits per heavy atom. The van der Waals surface area contributed by atoms with Crippen LogP contribution in [0.1, 0.15) is 10.4 Å². The number of hydrogen-bond acceptors (Lipinski definition) is 3. The number of para-hydroxylation sites is 1. The van der Waals surface area contributed by atoms with E-state index in [4.69, 9.17) is 5.84 Å². The van der Waals surface area contributed by atoms with Crippen molar-refractivity contribution in [1.82, 2.24) is 0 Å². The average Bonchev–Trinajstić information content (AvgIpc) is 2.41. The zero-order valence-electron chi connectivity index (χ0n) is 10.1. The fourth-order valence-corrected chi connectivity index (χ4v) is 2.25. The van der Waals surface area contributed by atoms with E-state index in [0.717, 1.165) is 0 Å². The lowest BCUT2D eigenvalue weighted by Gasteiger charge is -2.11. The maximum atomic E-state index is 13.5. The summed E-state index contributed by atoms with van der Waals surface area (Å²) in [6.07, 6.45) is 0. The lowest BCUT2D eigenvalue weighted by molar-refractivity contribution is 0.102. The van der Waals surface area contributed by atoms with Gasteiger partial charge in [0.1, 0.15) is 11.6 Å². The van der Waals surface area contributed by atoms with Crippen molar-refractivity contribution >= 4 is 39.9 Å². The highest BCUT2D eigenvalue weighted by Crippen LogP contribution is 2.23. The van der Waals surface area contributed by atoms with Gasteiger partial charge in [0.15, 0.2) is 0 Å². The summed E-state index contributed by atoms with van der Waals surface area (Å²) >= 11 is 1.89. The molecule has 2 aromatic carbocycles. The van der Waals surface area contributed by atoms with Crippen molar-refractivity contribution in [2.75, 3.05) is 10.7 Å². The molecule has 0 aliphatic rings. The summed E-state index contributed by atoms with van der Waals surface area (Å²) in [5.74, 6) is 3.64. The Morgan fingerprint density at radius 1 is 1.20 bits per heavy atom. The summed E-state index contributed by atoms with van der Waals surface area (Å²) in [6, 6.07) is 7.97. The molecule has 104 valence electrons. The first-order chi connectivity index (χ1) is 9.52. The van der Waals surface area contributed by atoms with E-state index in [9.17, 15) is 13.6 Å². The van der Waals surface area contributed by atoms with E-state index in [2.05, 4.69) is 10.7 Å². The second kappa shape index (κ2) is 6.14. The summed E-state index contributed by atoms with van der Waals surface area (Å²) in [4.78, 5) is 12.1. The third-order valence-electron chi connectivity index (χ3n) is 2.58. The first-order valence-corrected chi connectivity index (χ1v) is 6.62. The Hall–Kier alpha value is -1.74. The highest BCUT2D eigenvalue weighted by molar-refractivity contribution is 14.1. The minimum atomic E-state index is -0.631.